The molecule has 0 fully saturated rings. The molecule has 0 radical (unpaired) electrons. The summed E-state index contributed by atoms with van der Waals surface area (Å²) in [6.07, 6.45) is 19.8. The van der Waals surface area contributed by atoms with Crippen LogP contribution in [0.25, 0.3) is 0 Å². The zero-order valence-electron chi connectivity index (χ0n) is 15.4. The third kappa shape index (κ3) is 23.4. The van der Waals surface area contributed by atoms with Crippen LogP contribution < -0.4 is 0 Å². The fourth-order valence-electron chi connectivity index (χ4n) is 2.56. The summed E-state index contributed by atoms with van der Waals surface area (Å²) in [4.78, 5) is 21.4. The number of allylic oxidation sites excluding steroid dienone is 1. The van der Waals surface area contributed by atoms with Crippen LogP contribution in [-0.2, 0) is 14.3 Å². The highest BCUT2D eigenvalue weighted by molar-refractivity contribution is 5.76. The van der Waals surface area contributed by atoms with Crippen molar-refractivity contribution < 1.29 is 19.4 Å². The molecule has 0 heterocycles. The summed E-state index contributed by atoms with van der Waals surface area (Å²) in [5.74, 6) is -1.46. The van der Waals surface area contributed by atoms with Gasteiger partial charge in [-0.05, 0) is 18.9 Å². The zero-order valence-corrected chi connectivity index (χ0v) is 15.4. The predicted octanol–water partition coefficient (Wildman–Crippen LogP) is 5.08. The molecule has 0 aliphatic carbocycles. The summed E-state index contributed by atoms with van der Waals surface area (Å²) in [5, 5.41) is 8.44. The van der Waals surface area contributed by atoms with Gasteiger partial charge in [0.25, 0.3) is 0 Å². The van der Waals surface area contributed by atoms with Gasteiger partial charge in [-0.3, -0.25) is 9.59 Å². The lowest BCUT2D eigenvalue weighted by molar-refractivity contribution is -0.144. The van der Waals surface area contributed by atoms with E-state index in [9.17, 15) is 9.59 Å². The Kier molecular flexibility index (Phi) is 22.9. The molecular formula is C20H38MgO4. The van der Waals surface area contributed by atoms with Crippen LogP contribution in [0.15, 0.2) is 12.3 Å². The predicted molar refractivity (Wildman–Crippen MR) is 106 cm³/mol. The maximum absolute atomic E-state index is 11.1. The molecule has 0 aliphatic rings. The Hall–Kier alpha value is -0.554. The van der Waals surface area contributed by atoms with Crippen molar-refractivity contribution >= 4 is 35.0 Å². The Bertz CT molecular complexity index is 343. The molecule has 25 heavy (non-hydrogen) atoms. The van der Waals surface area contributed by atoms with Gasteiger partial charge in [-0.2, -0.15) is 0 Å². The molecule has 4 nitrogen and oxygen atoms in total. The quantitative estimate of drug-likeness (QED) is 0.169. The normalized spacial score (nSPS) is 10.6. The Morgan fingerprint density at radius 1 is 0.800 bits per heavy atom. The van der Waals surface area contributed by atoms with Crippen LogP contribution in [0.1, 0.15) is 103 Å². The number of carbonyl (C=O) groups is 2. The largest absolute Gasteiger partial charge is 0.481 e. The molecule has 0 amide bonds. The summed E-state index contributed by atoms with van der Waals surface area (Å²) < 4.78 is 4.82. The molecule has 0 aromatic rings. The molecule has 144 valence electrons. The fourth-order valence-corrected chi connectivity index (χ4v) is 2.56. The van der Waals surface area contributed by atoms with Crippen LogP contribution >= 0.6 is 0 Å². The van der Waals surface area contributed by atoms with E-state index in [1.807, 2.05) is 6.08 Å². The average Bonchev–Trinajstić information content (AvgIpc) is 2.56. The Morgan fingerprint density at radius 3 is 1.76 bits per heavy atom. The number of rotatable bonds is 17. The Morgan fingerprint density at radius 2 is 1.28 bits per heavy atom. The number of aliphatic carboxylic acids is 1. The average molecular weight is 367 g/mol. The smallest absolute Gasteiger partial charge is 0.316 e. The van der Waals surface area contributed by atoms with Gasteiger partial charge in [0, 0.05) is 0 Å². The number of hydrogen-bond acceptors (Lipinski definition) is 3. The maximum atomic E-state index is 11.1. The summed E-state index contributed by atoms with van der Waals surface area (Å²) in [7, 11) is 0. The molecule has 0 rings (SSSR count). The first kappa shape index (κ1) is 26.7. The van der Waals surface area contributed by atoms with Gasteiger partial charge in [0.15, 0.2) is 0 Å². The van der Waals surface area contributed by atoms with E-state index in [-0.39, 0.29) is 35.9 Å². The van der Waals surface area contributed by atoms with Crippen molar-refractivity contribution in [3.63, 3.8) is 0 Å². The van der Waals surface area contributed by atoms with Crippen molar-refractivity contribution in [2.24, 2.45) is 0 Å². The molecule has 0 aromatic heterocycles. The lowest BCUT2D eigenvalue weighted by atomic mass is 10.0. The van der Waals surface area contributed by atoms with E-state index in [0.717, 1.165) is 12.8 Å². The SMILES string of the molecule is CCCCCCCCCCCCCC/C=C/OC(=O)CCC(=O)O.[MgH2]. The number of carbonyl (C=O) groups excluding carboxylic acids is 1. The number of hydrogen-bond donors (Lipinski definition) is 1. The zero-order chi connectivity index (χ0) is 17.9. The number of unbranched alkanes of at least 4 members (excludes halogenated alkanes) is 12. The molecule has 0 bridgehead atoms. The topological polar surface area (TPSA) is 63.6 Å². The molecule has 0 aliphatic heterocycles. The van der Waals surface area contributed by atoms with E-state index in [2.05, 4.69) is 6.92 Å². The molecule has 0 unspecified atom stereocenters. The molecule has 1 N–H and O–H groups in total. The van der Waals surface area contributed by atoms with E-state index in [0.29, 0.717) is 0 Å². The highest BCUT2D eigenvalue weighted by Gasteiger charge is 2.04. The lowest BCUT2D eigenvalue weighted by Crippen LogP contribution is -2.03. The molecule has 5 heteroatoms. The van der Waals surface area contributed by atoms with Crippen molar-refractivity contribution in [2.75, 3.05) is 0 Å². The van der Waals surface area contributed by atoms with Crippen LogP contribution in [0.3, 0.4) is 0 Å². The van der Waals surface area contributed by atoms with Crippen molar-refractivity contribution in [3.05, 3.63) is 12.3 Å². The van der Waals surface area contributed by atoms with Gasteiger partial charge in [0.1, 0.15) is 0 Å². The number of ether oxygens (including phenoxy) is 1. The molecular weight excluding hydrogens is 329 g/mol. The Labute approximate surface area is 169 Å². The first-order valence-corrected chi connectivity index (χ1v) is 9.73. The van der Waals surface area contributed by atoms with Gasteiger partial charge >= 0.3 is 35.0 Å². The van der Waals surface area contributed by atoms with E-state index in [1.165, 1.54) is 76.9 Å². The van der Waals surface area contributed by atoms with Gasteiger partial charge in [0.05, 0.1) is 19.1 Å². The van der Waals surface area contributed by atoms with Crippen LogP contribution in [0, 0.1) is 0 Å². The third-order valence-electron chi connectivity index (χ3n) is 4.06. The molecule has 0 aromatic carbocycles. The first-order chi connectivity index (χ1) is 11.7. The summed E-state index contributed by atoms with van der Waals surface area (Å²) in [5.41, 5.74) is 0. The van der Waals surface area contributed by atoms with Crippen molar-refractivity contribution in [3.8, 4) is 0 Å². The molecule has 0 saturated heterocycles. The van der Waals surface area contributed by atoms with E-state index >= 15 is 0 Å². The second kappa shape index (κ2) is 21.5. The van der Waals surface area contributed by atoms with Crippen LogP contribution in [0.5, 0.6) is 0 Å². The second-order valence-electron chi connectivity index (χ2n) is 6.43. The minimum Gasteiger partial charge on any atom is -0.481 e. The van der Waals surface area contributed by atoms with E-state index in [4.69, 9.17) is 9.84 Å². The fraction of sp³-hybridized carbons (Fsp3) is 0.800. The number of carboxylic acid groups (broad SMARTS) is 1. The first-order valence-electron chi connectivity index (χ1n) is 9.73. The van der Waals surface area contributed by atoms with Gasteiger partial charge in [-0.25, -0.2) is 0 Å². The highest BCUT2D eigenvalue weighted by atomic mass is 24.3. The lowest BCUT2D eigenvalue weighted by Gasteiger charge is -2.02. The number of carboxylic acids is 1. The minimum absolute atomic E-state index is 0. The summed E-state index contributed by atoms with van der Waals surface area (Å²) >= 11 is 0. The highest BCUT2D eigenvalue weighted by Crippen LogP contribution is 2.12. The molecule has 0 saturated carbocycles. The van der Waals surface area contributed by atoms with E-state index < -0.39 is 11.9 Å². The van der Waals surface area contributed by atoms with Crippen molar-refractivity contribution in [2.45, 2.75) is 103 Å². The third-order valence-corrected chi connectivity index (χ3v) is 4.06. The van der Waals surface area contributed by atoms with Gasteiger partial charge < -0.3 is 9.84 Å². The Balaban J connectivity index is 0. The van der Waals surface area contributed by atoms with Crippen LogP contribution in [-0.4, -0.2) is 40.1 Å². The number of esters is 1. The van der Waals surface area contributed by atoms with Gasteiger partial charge in [-0.1, -0.05) is 77.6 Å². The standard InChI is InChI=1S/C20H36O4.Mg.2H/c1-2-3-4-5-6-7-8-9-10-11-12-13-14-15-18-24-20(23)17-16-19(21)22;;;/h15,18H,2-14,16-17H2,1H3,(H,21,22);;;/b18-15+;;;. The maximum Gasteiger partial charge on any atom is 0.316 e. The molecule has 0 spiro atoms. The summed E-state index contributed by atoms with van der Waals surface area (Å²) in [6.45, 7) is 2.25. The van der Waals surface area contributed by atoms with Crippen molar-refractivity contribution in [1.82, 2.24) is 0 Å². The molecule has 0 atom stereocenters. The van der Waals surface area contributed by atoms with Crippen molar-refractivity contribution in [1.29, 1.82) is 0 Å². The van der Waals surface area contributed by atoms with Gasteiger partial charge in [0.2, 0.25) is 0 Å². The van der Waals surface area contributed by atoms with Crippen LogP contribution in [0.2, 0.25) is 0 Å². The van der Waals surface area contributed by atoms with Gasteiger partial charge in [-0.15, -0.1) is 0 Å². The second-order valence-corrected chi connectivity index (χ2v) is 6.43. The summed E-state index contributed by atoms with van der Waals surface area (Å²) in [6, 6.07) is 0. The van der Waals surface area contributed by atoms with E-state index in [1.54, 1.807) is 0 Å². The minimum atomic E-state index is -0.979. The van der Waals surface area contributed by atoms with Crippen LogP contribution in [0.4, 0.5) is 0 Å². The monoisotopic (exact) mass is 366 g/mol.